The number of hydrogen-bond donors (Lipinski definition) is 5. The van der Waals surface area contributed by atoms with Gasteiger partial charge in [-0.3, -0.25) is 0 Å². The molecule has 0 saturated heterocycles. The molecule has 0 atom stereocenters. The summed E-state index contributed by atoms with van der Waals surface area (Å²) < 4.78 is 101. The topological polar surface area (TPSA) is 298 Å². The van der Waals surface area contributed by atoms with E-state index in [1.54, 1.807) is 156 Å². The molecule has 25 heteroatoms. The third kappa shape index (κ3) is 25.9. The second-order valence-corrected chi connectivity index (χ2v) is 37.1. The zero-order valence-electron chi connectivity index (χ0n) is 59.1. The molecule has 566 valence electrons. The fraction of sp³-hybridized carbons (Fsp3) is 0.129. The predicted octanol–water partition coefficient (Wildman–Crippen LogP) is 18.1. The van der Waals surface area contributed by atoms with Crippen LogP contribution in [-0.4, -0.2) is 96.0 Å². The van der Waals surface area contributed by atoms with E-state index in [-0.39, 0.29) is 75.3 Å². The van der Waals surface area contributed by atoms with Crippen LogP contribution in [0.5, 0.6) is 0 Å². The number of aryl methyl sites for hydroxylation is 2. The summed E-state index contributed by atoms with van der Waals surface area (Å²) in [5.74, 6) is -3.54. The molecule has 11 aromatic carbocycles. The summed E-state index contributed by atoms with van der Waals surface area (Å²) in [6.07, 6.45) is 2.55. The summed E-state index contributed by atoms with van der Waals surface area (Å²) >= 11 is 5.77. The molecule has 0 saturated carbocycles. The highest BCUT2D eigenvalue weighted by molar-refractivity contribution is 7.99. The van der Waals surface area contributed by atoms with E-state index in [9.17, 15) is 73.3 Å². The van der Waals surface area contributed by atoms with Crippen LogP contribution in [0.3, 0.4) is 0 Å². The zero-order valence-corrected chi connectivity index (χ0v) is 65.6. The van der Waals surface area contributed by atoms with Crippen LogP contribution in [0.15, 0.2) is 336 Å². The summed E-state index contributed by atoms with van der Waals surface area (Å²) in [5.41, 5.74) is 6.65. The first kappa shape index (κ1) is 83.7. The molecule has 12 aromatic rings. The fourth-order valence-electron chi connectivity index (χ4n) is 11.0. The minimum Gasteiger partial charge on any atom is -0.478 e. The van der Waals surface area contributed by atoms with Gasteiger partial charge in [-0.1, -0.05) is 206 Å². The first-order valence-corrected chi connectivity index (χ1v) is 44.6. The SMILES string of the molecule is O=C(O)c1cc(NCCc2ccccc2)ccc1CS(=O)(=O)c1ccccc1.O=C(O)c1cc(SCCc2ccccc2)ccc1CS(=O)(=O)c1ccccc1.O=C(O)c1cc(SCCc2ccccc2)ccc1CS(=O)(=O)c1cccs1.O=C(O)c1cc(SCc2ccccc2)ccc1CS(=O)(=O)c1ccccc1. The molecule has 0 spiro atoms. The van der Waals surface area contributed by atoms with Crippen LogP contribution < -0.4 is 5.32 Å². The highest BCUT2D eigenvalue weighted by Crippen LogP contribution is 2.32. The maximum atomic E-state index is 12.6. The second kappa shape index (κ2) is 40.9. The molecule has 17 nitrogen and oxygen atoms in total. The normalized spacial score (nSPS) is 11.3. The van der Waals surface area contributed by atoms with Crippen molar-refractivity contribution in [3.63, 3.8) is 0 Å². The van der Waals surface area contributed by atoms with E-state index in [1.807, 2.05) is 97.1 Å². The van der Waals surface area contributed by atoms with Gasteiger partial charge >= 0.3 is 23.9 Å². The number of hydrogen-bond acceptors (Lipinski definition) is 17. The quantitative estimate of drug-likeness (QED) is 0.0252. The molecule has 0 bridgehead atoms. The Hall–Kier alpha value is -10.4. The van der Waals surface area contributed by atoms with Crippen molar-refractivity contribution in [2.24, 2.45) is 0 Å². The second-order valence-electron chi connectivity index (χ2n) is 24.6. The largest absolute Gasteiger partial charge is 0.478 e. The van der Waals surface area contributed by atoms with E-state index >= 15 is 0 Å². The molecule has 1 aromatic heterocycles. The molecule has 110 heavy (non-hydrogen) atoms. The molecular weight excluding hydrogens is 1550 g/mol. The molecule has 0 fully saturated rings. The lowest BCUT2D eigenvalue weighted by molar-refractivity contribution is 0.0684. The minimum atomic E-state index is -3.62. The van der Waals surface area contributed by atoms with Crippen molar-refractivity contribution in [2.75, 3.05) is 23.4 Å². The van der Waals surface area contributed by atoms with Gasteiger partial charge in [0.05, 0.1) is 60.0 Å². The standard InChI is InChI=1S/C22H21NO4S.C22H20O4S2.C21H18O4S2.C20H18O4S3/c24-22(25)21-15-19(23-14-13-17-7-3-1-4-8-17)12-11-18(21)16-28(26,27)20-9-5-2-6-10-20;23-22(24)21-15-19(27-14-13-17-7-3-1-4-8-17)12-11-18(21)16-28(25,26)20-9-5-2-6-10-20;22-21(23)20-13-18(26-14-16-7-3-1-4-8-16)12-11-17(20)15-27(24,25)19-9-5-2-6-10-19;21-20(22)18-13-17(25-12-10-15-5-2-1-3-6-15)9-8-16(18)14-27(23,24)19-7-4-11-26-19/h1-12,15,23H,13-14,16H2,(H,24,25);1-12,15H,13-14,16H2,(H,23,24);1-13H,14-15H2,(H,22,23);1-9,11,13H,10,12,14H2,(H,21,22). The predicted molar refractivity (Wildman–Crippen MR) is 437 cm³/mol. The summed E-state index contributed by atoms with van der Waals surface area (Å²) in [5, 5.41) is 43.0. The Kier molecular flexibility index (Phi) is 31.1. The highest BCUT2D eigenvalue weighted by Gasteiger charge is 2.25. The molecular formula is C85H77NO16S8. The van der Waals surface area contributed by atoms with Crippen LogP contribution in [0, 0.1) is 0 Å². The van der Waals surface area contributed by atoms with Crippen molar-refractivity contribution in [3.05, 3.63) is 369 Å². The lowest BCUT2D eigenvalue weighted by atomic mass is 10.1. The van der Waals surface area contributed by atoms with Crippen molar-refractivity contribution in [1.82, 2.24) is 0 Å². The van der Waals surface area contributed by atoms with Crippen molar-refractivity contribution >= 4 is 116 Å². The van der Waals surface area contributed by atoms with Gasteiger partial charge in [0.25, 0.3) is 0 Å². The molecule has 0 amide bonds. The molecule has 0 aliphatic carbocycles. The van der Waals surface area contributed by atoms with E-state index in [1.165, 1.54) is 77.0 Å². The van der Waals surface area contributed by atoms with Gasteiger partial charge in [-0.15, -0.1) is 46.6 Å². The average molecular weight is 1630 g/mol. The summed E-state index contributed by atoms with van der Waals surface area (Å²) in [7, 11) is -14.4. The van der Waals surface area contributed by atoms with Gasteiger partial charge in [0, 0.05) is 44.2 Å². The van der Waals surface area contributed by atoms with Crippen LogP contribution in [0.4, 0.5) is 5.69 Å². The monoisotopic (exact) mass is 1620 g/mol. The summed E-state index contributed by atoms with van der Waals surface area (Å²) in [6, 6.07) is 86.9. The van der Waals surface area contributed by atoms with Crippen LogP contribution in [-0.2, 0) is 87.4 Å². The minimum absolute atomic E-state index is 0.00998. The number of aromatic carboxylic acids is 4. The van der Waals surface area contributed by atoms with Crippen LogP contribution in [0.2, 0.25) is 0 Å². The van der Waals surface area contributed by atoms with Crippen LogP contribution >= 0.6 is 46.6 Å². The van der Waals surface area contributed by atoms with Gasteiger partial charge in [0.1, 0.15) is 4.21 Å². The third-order valence-corrected chi connectivity index (χ3v) is 27.9. The lowest BCUT2D eigenvalue weighted by Crippen LogP contribution is -2.11. The Morgan fingerprint density at radius 3 is 0.945 bits per heavy atom. The summed E-state index contributed by atoms with van der Waals surface area (Å²) in [4.78, 5) is 49.6. The van der Waals surface area contributed by atoms with E-state index in [0.717, 1.165) is 62.4 Å². The first-order valence-electron chi connectivity index (χ1n) is 34.1. The van der Waals surface area contributed by atoms with Gasteiger partial charge in [0.15, 0.2) is 39.3 Å². The van der Waals surface area contributed by atoms with E-state index in [0.29, 0.717) is 29.1 Å². The maximum Gasteiger partial charge on any atom is 0.336 e. The maximum absolute atomic E-state index is 12.6. The molecule has 0 unspecified atom stereocenters. The van der Waals surface area contributed by atoms with Gasteiger partial charge in [-0.2, -0.15) is 0 Å². The molecule has 12 rings (SSSR count). The Labute approximate surface area is 657 Å². The highest BCUT2D eigenvalue weighted by atomic mass is 32.2. The number of anilines is 1. The van der Waals surface area contributed by atoms with Crippen molar-refractivity contribution in [2.45, 2.75) is 81.6 Å². The van der Waals surface area contributed by atoms with Gasteiger partial charge in [-0.05, 0) is 160 Å². The third-order valence-electron chi connectivity index (χ3n) is 16.6. The number of carboxylic acids is 4. The van der Waals surface area contributed by atoms with E-state index in [2.05, 4.69) is 29.6 Å². The van der Waals surface area contributed by atoms with Gasteiger partial charge in [0.2, 0.25) is 0 Å². The Morgan fingerprint density at radius 1 is 0.309 bits per heavy atom. The number of carbonyl (C=O) groups is 4. The van der Waals surface area contributed by atoms with Crippen LogP contribution in [0.1, 0.15) is 85.9 Å². The molecule has 5 N–H and O–H groups in total. The summed E-state index contributed by atoms with van der Waals surface area (Å²) in [6.45, 7) is 0.644. The number of carboxylic acid groups (broad SMARTS) is 4. The van der Waals surface area contributed by atoms with Crippen molar-refractivity contribution < 1.29 is 73.3 Å². The number of benzene rings is 11. The smallest absolute Gasteiger partial charge is 0.336 e. The number of thiophene rings is 1. The van der Waals surface area contributed by atoms with Gasteiger partial charge in [-0.25, -0.2) is 52.8 Å². The Balaban J connectivity index is 0.000000169. The molecule has 1 heterocycles. The van der Waals surface area contributed by atoms with Crippen molar-refractivity contribution in [3.8, 4) is 0 Å². The van der Waals surface area contributed by atoms with Crippen LogP contribution in [0.25, 0.3) is 0 Å². The number of sulfone groups is 4. The van der Waals surface area contributed by atoms with E-state index in [4.69, 9.17) is 0 Å². The van der Waals surface area contributed by atoms with E-state index < -0.39 is 63.2 Å². The fourth-order valence-corrected chi connectivity index (χ4v) is 20.4. The zero-order chi connectivity index (χ0) is 78.5. The molecule has 0 aliphatic heterocycles. The number of thioether (sulfide) groups is 3. The van der Waals surface area contributed by atoms with Gasteiger partial charge < -0.3 is 25.7 Å². The molecule has 0 radical (unpaired) electrons. The first-order chi connectivity index (χ1) is 52.8. The Morgan fingerprint density at radius 2 is 0.609 bits per heavy atom. The average Bonchev–Trinajstić information content (AvgIpc) is 1.16. The number of rotatable bonds is 31. The Bertz CT molecular complexity index is 5350. The van der Waals surface area contributed by atoms with Crippen molar-refractivity contribution in [1.29, 1.82) is 0 Å². The lowest BCUT2D eigenvalue weighted by Gasteiger charge is -2.12. The molecule has 0 aliphatic rings. The number of nitrogens with one attached hydrogen (secondary N) is 1.